The Bertz CT molecular complexity index is 280. The molecule has 19 heavy (non-hydrogen) atoms. The number of aliphatic carboxylic acids is 1. The number of carboxylic acids is 1. The van der Waals surface area contributed by atoms with Crippen LogP contribution in [0.2, 0.25) is 0 Å². The quantitative estimate of drug-likeness (QED) is 0.565. The molecule has 4 N–H and O–H groups in total. The van der Waals surface area contributed by atoms with E-state index in [-0.39, 0.29) is 11.8 Å². The SMILES string of the molecule is CCCC[C@H](NC(=O)CC(CN)CC(C)C)C(=O)O. The summed E-state index contributed by atoms with van der Waals surface area (Å²) in [6.45, 7) is 6.62. The number of carbonyl (C=O) groups is 2. The van der Waals surface area contributed by atoms with Gasteiger partial charge < -0.3 is 16.2 Å². The molecular formula is C14H28N2O3. The largest absolute Gasteiger partial charge is 0.480 e. The smallest absolute Gasteiger partial charge is 0.326 e. The lowest BCUT2D eigenvalue weighted by molar-refractivity contribution is -0.142. The van der Waals surface area contributed by atoms with Crippen LogP contribution in [-0.4, -0.2) is 29.6 Å². The monoisotopic (exact) mass is 272 g/mol. The lowest BCUT2D eigenvalue weighted by atomic mass is 9.94. The summed E-state index contributed by atoms with van der Waals surface area (Å²) in [5.74, 6) is -0.563. The fourth-order valence-electron chi connectivity index (χ4n) is 2.11. The summed E-state index contributed by atoms with van der Waals surface area (Å²) in [5.41, 5.74) is 5.64. The Labute approximate surface area is 115 Å². The Morgan fingerprint density at radius 2 is 1.95 bits per heavy atom. The first-order valence-electron chi connectivity index (χ1n) is 7.12. The van der Waals surface area contributed by atoms with Crippen LogP contribution in [0, 0.1) is 11.8 Å². The average Bonchev–Trinajstić information content (AvgIpc) is 2.32. The van der Waals surface area contributed by atoms with Gasteiger partial charge in [-0.3, -0.25) is 4.79 Å². The van der Waals surface area contributed by atoms with Crippen LogP contribution in [0.3, 0.4) is 0 Å². The van der Waals surface area contributed by atoms with E-state index in [1.54, 1.807) is 0 Å². The van der Waals surface area contributed by atoms with Crippen LogP contribution in [0.1, 0.15) is 52.9 Å². The van der Waals surface area contributed by atoms with Crippen LogP contribution >= 0.6 is 0 Å². The fourth-order valence-corrected chi connectivity index (χ4v) is 2.11. The Hall–Kier alpha value is -1.10. The van der Waals surface area contributed by atoms with Crippen molar-refractivity contribution in [2.45, 2.75) is 58.9 Å². The molecule has 0 heterocycles. The summed E-state index contributed by atoms with van der Waals surface area (Å²) in [5, 5.41) is 11.6. The van der Waals surface area contributed by atoms with Gasteiger partial charge in [-0.15, -0.1) is 0 Å². The molecule has 0 rings (SSSR count). The van der Waals surface area contributed by atoms with Crippen molar-refractivity contribution in [1.82, 2.24) is 5.32 Å². The van der Waals surface area contributed by atoms with Gasteiger partial charge in [-0.2, -0.15) is 0 Å². The van der Waals surface area contributed by atoms with E-state index in [4.69, 9.17) is 10.8 Å². The van der Waals surface area contributed by atoms with E-state index in [2.05, 4.69) is 19.2 Å². The van der Waals surface area contributed by atoms with Gasteiger partial charge in [0.05, 0.1) is 0 Å². The molecule has 0 aromatic rings. The third kappa shape index (κ3) is 8.59. The number of carbonyl (C=O) groups excluding carboxylic acids is 1. The van der Waals surface area contributed by atoms with E-state index >= 15 is 0 Å². The van der Waals surface area contributed by atoms with Gasteiger partial charge in [0, 0.05) is 6.42 Å². The average molecular weight is 272 g/mol. The first-order valence-corrected chi connectivity index (χ1v) is 7.12. The van der Waals surface area contributed by atoms with E-state index in [1.807, 2.05) is 6.92 Å². The topological polar surface area (TPSA) is 92.4 Å². The van der Waals surface area contributed by atoms with Crippen molar-refractivity contribution in [2.75, 3.05) is 6.54 Å². The minimum atomic E-state index is -0.963. The molecule has 1 amide bonds. The Kier molecular flexibility index (Phi) is 9.21. The van der Waals surface area contributed by atoms with Crippen molar-refractivity contribution in [3.8, 4) is 0 Å². The van der Waals surface area contributed by atoms with Crippen LogP contribution in [0.25, 0.3) is 0 Å². The lowest BCUT2D eigenvalue weighted by Crippen LogP contribution is -2.41. The van der Waals surface area contributed by atoms with Gasteiger partial charge in [-0.1, -0.05) is 33.6 Å². The molecule has 0 radical (unpaired) electrons. The van der Waals surface area contributed by atoms with Crippen molar-refractivity contribution in [2.24, 2.45) is 17.6 Å². The van der Waals surface area contributed by atoms with Gasteiger partial charge in [0.1, 0.15) is 6.04 Å². The summed E-state index contributed by atoms with van der Waals surface area (Å²) in [4.78, 5) is 22.9. The molecule has 2 atom stereocenters. The normalized spacial score (nSPS) is 14.2. The number of nitrogens with two attached hydrogens (primary N) is 1. The number of hydrogen-bond donors (Lipinski definition) is 3. The van der Waals surface area contributed by atoms with Crippen LogP contribution < -0.4 is 11.1 Å². The van der Waals surface area contributed by atoms with Crippen molar-refractivity contribution in [3.63, 3.8) is 0 Å². The predicted molar refractivity (Wildman–Crippen MR) is 75.7 cm³/mol. The number of unbranched alkanes of at least 4 members (excludes halogenated alkanes) is 1. The second kappa shape index (κ2) is 9.78. The number of carboxylic acid groups (broad SMARTS) is 1. The molecule has 0 aliphatic carbocycles. The van der Waals surface area contributed by atoms with Crippen molar-refractivity contribution in [1.29, 1.82) is 0 Å². The highest BCUT2D eigenvalue weighted by atomic mass is 16.4. The minimum absolute atomic E-state index is 0.126. The van der Waals surface area contributed by atoms with Gasteiger partial charge in [0.15, 0.2) is 0 Å². The molecule has 0 fully saturated rings. The molecular weight excluding hydrogens is 244 g/mol. The molecule has 1 unspecified atom stereocenters. The molecule has 0 aromatic heterocycles. The summed E-state index contributed by atoms with van der Waals surface area (Å²) in [6, 6.07) is -0.773. The summed E-state index contributed by atoms with van der Waals surface area (Å²) >= 11 is 0. The maximum Gasteiger partial charge on any atom is 0.326 e. The van der Waals surface area contributed by atoms with Crippen LogP contribution in [0.4, 0.5) is 0 Å². The second-order valence-corrected chi connectivity index (χ2v) is 5.54. The fraction of sp³-hybridized carbons (Fsp3) is 0.857. The van der Waals surface area contributed by atoms with E-state index < -0.39 is 12.0 Å². The molecule has 0 saturated carbocycles. The lowest BCUT2D eigenvalue weighted by Gasteiger charge is -2.19. The van der Waals surface area contributed by atoms with Gasteiger partial charge in [-0.25, -0.2) is 4.79 Å². The van der Waals surface area contributed by atoms with Crippen LogP contribution in [-0.2, 0) is 9.59 Å². The van der Waals surface area contributed by atoms with Gasteiger partial charge in [-0.05, 0) is 31.2 Å². The highest BCUT2D eigenvalue weighted by Gasteiger charge is 2.21. The zero-order valence-corrected chi connectivity index (χ0v) is 12.3. The maximum atomic E-state index is 11.8. The van der Waals surface area contributed by atoms with E-state index in [0.717, 1.165) is 19.3 Å². The van der Waals surface area contributed by atoms with E-state index in [1.165, 1.54) is 0 Å². The highest BCUT2D eigenvalue weighted by Crippen LogP contribution is 2.14. The zero-order chi connectivity index (χ0) is 14.8. The van der Waals surface area contributed by atoms with Gasteiger partial charge >= 0.3 is 5.97 Å². The summed E-state index contributed by atoms with van der Waals surface area (Å²) in [7, 11) is 0. The molecule has 0 aromatic carbocycles. The first-order chi connectivity index (χ1) is 8.90. The molecule has 112 valence electrons. The van der Waals surface area contributed by atoms with E-state index in [9.17, 15) is 9.59 Å². The van der Waals surface area contributed by atoms with E-state index in [0.29, 0.717) is 25.3 Å². The van der Waals surface area contributed by atoms with Crippen molar-refractivity contribution in [3.05, 3.63) is 0 Å². The molecule has 0 aliphatic rings. The highest BCUT2D eigenvalue weighted by molar-refractivity contribution is 5.83. The third-order valence-electron chi connectivity index (χ3n) is 3.09. The van der Waals surface area contributed by atoms with Crippen LogP contribution in [0.5, 0.6) is 0 Å². The van der Waals surface area contributed by atoms with Gasteiger partial charge in [0.25, 0.3) is 0 Å². The Morgan fingerprint density at radius 3 is 2.37 bits per heavy atom. The predicted octanol–water partition coefficient (Wildman–Crippen LogP) is 1.76. The minimum Gasteiger partial charge on any atom is -0.480 e. The molecule has 0 aliphatic heterocycles. The molecule has 0 saturated heterocycles. The number of nitrogens with one attached hydrogen (secondary N) is 1. The number of amides is 1. The maximum absolute atomic E-state index is 11.8. The summed E-state index contributed by atoms with van der Waals surface area (Å²) in [6.07, 6.45) is 3.39. The number of hydrogen-bond acceptors (Lipinski definition) is 3. The standard InChI is InChI=1S/C14H28N2O3/c1-4-5-6-12(14(18)19)16-13(17)8-11(9-15)7-10(2)3/h10-12H,4-9,15H2,1-3H3,(H,16,17)(H,18,19)/t11?,12-/m0/s1. The third-order valence-corrected chi connectivity index (χ3v) is 3.09. The first kappa shape index (κ1) is 17.9. The number of rotatable bonds is 10. The Balaban J connectivity index is 4.27. The van der Waals surface area contributed by atoms with Crippen LogP contribution in [0.15, 0.2) is 0 Å². The van der Waals surface area contributed by atoms with Gasteiger partial charge in [0.2, 0.25) is 5.91 Å². The molecule has 5 nitrogen and oxygen atoms in total. The molecule has 5 heteroatoms. The zero-order valence-electron chi connectivity index (χ0n) is 12.3. The van der Waals surface area contributed by atoms with Crippen molar-refractivity contribution >= 4 is 11.9 Å². The molecule has 0 bridgehead atoms. The second-order valence-electron chi connectivity index (χ2n) is 5.54. The van der Waals surface area contributed by atoms with Crippen molar-refractivity contribution < 1.29 is 14.7 Å². The summed E-state index contributed by atoms with van der Waals surface area (Å²) < 4.78 is 0. The molecule has 0 spiro atoms. The Morgan fingerprint density at radius 1 is 1.32 bits per heavy atom.